The van der Waals surface area contributed by atoms with E-state index in [1.807, 2.05) is 0 Å². The van der Waals surface area contributed by atoms with Crippen molar-refractivity contribution in [3.05, 3.63) is 0 Å². The summed E-state index contributed by atoms with van der Waals surface area (Å²) in [5.41, 5.74) is 0. The van der Waals surface area contributed by atoms with E-state index in [4.69, 9.17) is 0 Å². The van der Waals surface area contributed by atoms with Crippen LogP contribution in [0.25, 0.3) is 0 Å². The lowest BCUT2D eigenvalue weighted by atomic mass is 10.2. The fourth-order valence-corrected chi connectivity index (χ4v) is 2.17. The first-order valence-corrected chi connectivity index (χ1v) is 5.37. The van der Waals surface area contributed by atoms with Crippen LogP contribution in [0.1, 0.15) is 12.8 Å². The van der Waals surface area contributed by atoms with Gasteiger partial charge in [0.15, 0.2) is 0 Å². The van der Waals surface area contributed by atoms with Crippen LogP contribution in [0, 0.1) is 0 Å². The zero-order valence-corrected chi connectivity index (χ0v) is 9.06. The molecular weight excluding hydrogens is 168 g/mol. The van der Waals surface area contributed by atoms with E-state index >= 15 is 0 Å². The minimum absolute atomic E-state index is 0.787. The summed E-state index contributed by atoms with van der Waals surface area (Å²) in [5, 5.41) is 0. The molecule has 0 amide bonds. The largest absolute Gasteiger partial charge is 0.304 e. The van der Waals surface area contributed by atoms with Gasteiger partial charge in [0.25, 0.3) is 0 Å². The molecule has 0 aromatic rings. The van der Waals surface area contributed by atoms with E-state index in [9.17, 15) is 0 Å². The molecule has 1 atom stereocenters. The predicted molar refractivity (Wildman–Crippen MR) is 57.0 cm³/mol. The summed E-state index contributed by atoms with van der Waals surface area (Å²) in [6.07, 6.45) is 2.74. The molecule has 1 aliphatic heterocycles. The van der Waals surface area contributed by atoms with Crippen LogP contribution in [0.2, 0.25) is 0 Å². The second kappa shape index (κ2) is 5.10. The fraction of sp³-hybridized carbons (Fsp3) is 1.00. The van der Waals surface area contributed by atoms with Gasteiger partial charge >= 0.3 is 0 Å². The third-order valence-electron chi connectivity index (χ3n) is 2.68. The molecular formula is C9H20N2S. The maximum atomic E-state index is 4.22. The predicted octanol–water partition coefficient (Wildman–Crippen LogP) is 0.942. The molecule has 1 saturated heterocycles. The Morgan fingerprint density at radius 2 is 2.33 bits per heavy atom. The maximum Gasteiger partial charge on any atom is 0.0220 e. The van der Waals surface area contributed by atoms with Crippen LogP contribution in [0.4, 0.5) is 0 Å². The van der Waals surface area contributed by atoms with Crippen molar-refractivity contribution in [3.8, 4) is 0 Å². The summed E-state index contributed by atoms with van der Waals surface area (Å²) >= 11 is 4.22. The Labute approximate surface area is 81.3 Å². The summed E-state index contributed by atoms with van der Waals surface area (Å²) in [6, 6.07) is 0.787. The quantitative estimate of drug-likeness (QED) is 0.656. The normalized spacial score (nSPS) is 25.5. The number of likely N-dealkylation sites (N-methyl/N-ethyl adjacent to an activating group) is 2. The Bertz CT molecular complexity index is 130. The van der Waals surface area contributed by atoms with Gasteiger partial charge in [-0.25, -0.2) is 0 Å². The highest BCUT2D eigenvalue weighted by molar-refractivity contribution is 7.80. The summed E-state index contributed by atoms with van der Waals surface area (Å²) in [7, 11) is 4.41. The monoisotopic (exact) mass is 188 g/mol. The van der Waals surface area contributed by atoms with Crippen molar-refractivity contribution in [2.24, 2.45) is 0 Å². The van der Waals surface area contributed by atoms with Gasteiger partial charge in [-0.3, -0.25) is 0 Å². The van der Waals surface area contributed by atoms with E-state index in [1.54, 1.807) is 0 Å². The number of rotatable bonds is 4. The van der Waals surface area contributed by atoms with Crippen molar-refractivity contribution in [3.63, 3.8) is 0 Å². The van der Waals surface area contributed by atoms with Gasteiger partial charge in [-0.05, 0) is 33.5 Å². The van der Waals surface area contributed by atoms with Crippen molar-refractivity contribution in [1.82, 2.24) is 9.80 Å². The van der Waals surface area contributed by atoms with Crippen molar-refractivity contribution in [2.45, 2.75) is 18.9 Å². The van der Waals surface area contributed by atoms with Crippen molar-refractivity contribution >= 4 is 12.6 Å². The van der Waals surface area contributed by atoms with Gasteiger partial charge in [0.2, 0.25) is 0 Å². The molecule has 1 aliphatic rings. The van der Waals surface area contributed by atoms with Crippen molar-refractivity contribution < 1.29 is 0 Å². The number of hydrogen-bond donors (Lipinski definition) is 1. The van der Waals surface area contributed by atoms with E-state index in [0.29, 0.717) is 0 Å². The highest BCUT2D eigenvalue weighted by Gasteiger charge is 2.21. The molecule has 0 aliphatic carbocycles. The van der Waals surface area contributed by atoms with Gasteiger partial charge in [0, 0.05) is 24.9 Å². The molecule has 0 aromatic carbocycles. The zero-order valence-electron chi connectivity index (χ0n) is 8.16. The number of nitrogens with zero attached hydrogens (tertiary/aromatic N) is 2. The summed E-state index contributed by atoms with van der Waals surface area (Å²) < 4.78 is 0. The Morgan fingerprint density at radius 1 is 1.58 bits per heavy atom. The Hall–Kier alpha value is 0.270. The van der Waals surface area contributed by atoms with E-state index in [0.717, 1.165) is 18.3 Å². The second-order valence-corrected chi connectivity index (χ2v) is 4.21. The Balaban J connectivity index is 2.20. The fourth-order valence-electron chi connectivity index (χ4n) is 1.83. The number of hydrogen-bond acceptors (Lipinski definition) is 3. The van der Waals surface area contributed by atoms with Crippen LogP contribution in [-0.2, 0) is 0 Å². The average molecular weight is 188 g/mol. The van der Waals surface area contributed by atoms with E-state index in [2.05, 4.69) is 36.5 Å². The average Bonchev–Trinajstić information content (AvgIpc) is 2.37. The molecule has 1 unspecified atom stereocenters. The maximum absolute atomic E-state index is 4.22. The zero-order chi connectivity index (χ0) is 8.97. The van der Waals surface area contributed by atoms with Gasteiger partial charge in [0.05, 0.1) is 0 Å². The standard InChI is InChI=1S/C9H20N2S/c1-10(6-7-12)8-9-4-3-5-11(9)2/h9,12H,3-8H2,1-2H3. The molecule has 1 rings (SSSR count). The van der Waals surface area contributed by atoms with Crippen LogP contribution in [-0.4, -0.2) is 55.3 Å². The lowest BCUT2D eigenvalue weighted by molar-refractivity contribution is 0.227. The second-order valence-electron chi connectivity index (χ2n) is 3.76. The third kappa shape index (κ3) is 2.96. The van der Waals surface area contributed by atoms with E-state index in [1.165, 1.54) is 25.9 Å². The summed E-state index contributed by atoms with van der Waals surface area (Å²) in [5.74, 6) is 0.965. The Kier molecular flexibility index (Phi) is 4.40. The first-order valence-electron chi connectivity index (χ1n) is 4.73. The lowest BCUT2D eigenvalue weighted by Gasteiger charge is -2.25. The van der Waals surface area contributed by atoms with Gasteiger partial charge in [-0.15, -0.1) is 0 Å². The van der Waals surface area contributed by atoms with E-state index < -0.39 is 0 Å². The van der Waals surface area contributed by atoms with Gasteiger partial charge in [0.1, 0.15) is 0 Å². The molecule has 0 saturated carbocycles. The highest BCUT2D eigenvalue weighted by Crippen LogP contribution is 2.15. The van der Waals surface area contributed by atoms with Crippen LogP contribution in [0.5, 0.6) is 0 Å². The van der Waals surface area contributed by atoms with Crippen LogP contribution in [0.3, 0.4) is 0 Å². The van der Waals surface area contributed by atoms with E-state index in [-0.39, 0.29) is 0 Å². The minimum Gasteiger partial charge on any atom is -0.304 e. The van der Waals surface area contributed by atoms with Gasteiger partial charge < -0.3 is 9.80 Å². The lowest BCUT2D eigenvalue weighted by Crippen LogP contribution is -2.37. The molecule has 0 aromatic heterocycles. The molecule has 0 spiro atoms. The summed E-state index contributed by atoms with van der Waals surface area (Å²) in [4.78, 5) is 4.84. The van der Waals surface area contributed by atoms with Crippen molar-refractivity contribution in [2.75, 3.05) is 39.5 Å². The van der Waals surface area contributed by atoms with Crippen LogP contribution in [0.15, 0.2) is 0 Å². The molecule has 2 nitrogen and oxygen atoms in total. The first-order chi connectivity index (χ1) is 5.74. The number of likely N-dealkylation sites (tertiary alicyclic amines) is 1. The molecule has 0 N–H and O–H groups in total. The van der Waals surface area contributed by atoms with Crippen LogP contribution < -0.4 is 0 Å². The highest BCUT2D eigenvalue weighted by atomic mass is 32.1. The van der Waals surface area contributed by atoms with Crippen molar-refractivity contribution in [1.29, 1.82) is 0 Å². The topological polar surface area (TPSA) is 6.48 Å². The van der Waals surface area contributed by atoms with Gasteiger partial charge in [-0.1, -0.05) is 0 Å². The molecule has 0 radical (unpaired) electrons. The number of thiol groups is 1. The minimum atomic E-state index is 0.787. The third-order valence-corrected chi connectivity index (χ3v) is 2.88. The Morgan fingerprint density at radius 3 is 2.83 bits per heavy atom. The molecule has 0 bridgehead atoms. The smallest absolute Gasteiger partial charge is 0.0220 e. The molecule has 3 heteroatoms. The molecule has 72 valence electrons. The van der Waals surface area contributed by atoms with Gasteiger partial charge in [-0.2, -0.15) is 12.6 Å². The SMILES string of the molecule is CN(CCS)CC1CCCN1C. The molecule has 1 fully saturated rings. The summed E-state index contributed by atoms with van der Waals surface area (Å²) in [6.45, 7) is 3.59. The molecule has 12 heavy (non-hydrogen) atoms. The van der Waals surface area contributed by atoms with Crippen LogP contribution >= 0.6 is 12.6 Å². The molecule has 1 heterocycles. The first kappa shape index (κ1) is 10.4.